The Morgan fingerprint density at radius 1 is 1.16 bits per heavy atom. The number of halogens is 1. The largest absolute Gasteiger partial charge is 0.368 e. The topological polar surface area (TPSA) is 66.7 Å². The van der Waals surface area contributed by atoms with Crippen LogP contribution in [0.1, 0.15) is 25.3 Å². The lowest BCUT2D eigenvalue weighted by molar-refractivity contribution is 0.205. The first-order valence-electron chi connectivity index (χ1n) is 8.09. The molecule has 8 heteroatoms. The summed E-state index contributed by atoms with van der Waals surface area (Å²) in [6.45, 7) is 8.73. The van der Waals surface area contributed by atoms with Crippen molar-refractivity contribution in [3.63, 3.8) is 0 Å². The Balaban J connectivity index is 1.90. The van der Waals surface area contributed by atoms with Crippen LogP contribution in [0.5, 0.6) is 0 Å². The molecule has 2 aromatic rings. The minimum absolute atomic E-state index is 0.181. The number of anilines is 1. The Labute approximate surface area is 153 Å². The van der Waals surface area contributed by atoms with E-state index in [1.807, 2.05) is 38.1 Å². The summed E-state index contributed by atoms with van der Waals surface area (Å²) in [5, 5.41) is 4.48. The summed E-state index contributed by atoms with van der Waals surface area (Å²) in [6, 6.07) is 7.60. The Morgan fingerprint density at radius 2 is 1.80 bits per heavy atom. The highest BCUT2D eigenvalue weighted by Crippen LogP contribution is 2.33. The number of rotatable bonds is 3. The number of hydrogen-bond donors (Lipinski definition) is 0. The molecule has 25 heavy (non-hydrogen) atoms. The summed E-state index contributed by atoms with van der Waals surface area (Å²) < 4.78 is 33.0. The number of benzene rings is 1. The molecule has 1 aromatic heterocycles. The van der Waals surface area contributed by atoms with Gasteiger partial charge >= 0.3 is 0 Å². The third-order valence-electron chi connectivity index (χ3n) is 4.53. The van der Waals surface area contributed by atoms with Crippen LogP contribution in [0.2, 0.25) is 5.02 Å². The van der Waals surface area contributed by atoms with E-state index in [-0.39, 0.29) is 4.90 Å². The number of aryl methyl sites for hydroxylation is 2. The second kappa shape index (κ2) is 6.30. The zero-order valence-electron chi connectivity index (χ0n) is 14.8. The van der Waals surface area contributed by atoms with Crippen LogP contribution in [0, 0.1) is 13.8 Å². The van der Waals surface area contributed by atoms with Crippen LogP contribution in [0.25, 0.3) is 0 Å². The van der Waals surface area contributed by atoms with E-state index in [9.17, 15) is 8.42 Å². The smallest absolute Gasteiger partial charge is 0.249 e. The quantitative estimate of drug-likeness (QED) is 0.814. The molecule has 0 aliphatic carbocycles. The monoisotopic (exact) mass is 383 g/mol. The molecule has 2 heterocycles. The average Bonchev–Trinajstić information content (AvgIpc) is 2.86. The van der Waals surface area contributed by atoms with Crippen molar-refractivity contribution in [3.05, 3.63) is 40.7 Å². The van der Waals surface area contributed by atoms with Crippen molar-refractivity contribution in [1.29, 1.82) is 0 Å². The van der Waals surface area contributed by atoms with Crippen molar-refractivity contribution in [2.24, 2.45) is 0 Å². The summed E-state index contributed by atoms with van der Waals surface area (Å²) in [7, 11) is -3.67. The molecule has 0 spiro atoms. The summed E-state index contributed by atoms with van der Waals surface area (Å²) in [4.78, 5) is 2.36. The van der Waals surface area contributed by atoms with E-state index < -0.39 is 15.6 Å². The lowest BCUT2D eigenvalue weighted by Gasteiger charge is -2.46. The molecule has 0 radical (unpaired) electrons. The van der Waals surface area contributed by atoms with Gasteiger partial charge in [-0.05, 0) is 52.0 Å². The first-order valence-corrected chi connectivity index (χ1v) is 9.91. The van der Waals surface area contributed by atoms with Crippen molar-refractivity contribution in [2.45, 2.75) is 38.1 Å². The Morgan fingerprint density at radius 3 is 2.32 bits per heavy atom. The van der Waals surface area contributed by atoms with Crippen molar-refractivity contribution in [1.82, 2.24) is 9.46 Å². The van der Waals surface area contributed by atoms with Gasteiger partial charge in [-0.2, -0.15) is 4.31 Å². The number of piperazine rings is 1. The maximum absolute atomic E-state index is 13.2. The van der Waals surface area contributed by atoms with Gasteiger partial charge in [0.2, 0.25) is 10.0 Å². The fourth-order valence-electron chi connectivity index (χ4n) is 3.41. The van der Waals surface area contributed by atoms with Crippen LogP contribution < -0.4 is 4.90 Å². The van der Waals surface area contributed by atoms with Crippen molar-refractivity contribution >= 4 is 27.3 Å². The van der Waals surface area contributed by atoms with Crippen LogP contribution in [-0.2, 0) is 10.0 Å². The molecule has 6 nitrogen and oxygen atoms in total. The van der Waals surface area contributed by atoms with Gasteiger partial charge in [0.15, 0.2) is 5.76 Å². The van der Waals surface area contributed by atoms with E-state index in [0.717, 1.165) is 5.69 Å². The van der Waals surface area contributed by atoms with E-state index in [1.54, 1.807) is 18.2 Å². The van der Waals surface area contributed by atoms with Crippen LogP contribution in [0.3, 0.4) is 0 Å². The van der Waals surface area contributed by atoms with Gasteiger partial charge in [0.25, 0.3) is 0 Å². The number of sulfonamides is 1. The molecule has 1 aliphatic heterocycles. The summed E-state index contributed by atoms with van der Waals surface area (Å²) in [5.74, 6) is 0.327. The zero-order chi connectivity index (χ0) is 18.4. The van der Waals surface area contributed by atoms with Crippen LogP contribution in [0.4, 0.5) is 5.69 Å². The molecule has 0 atom stereocenters. The molecule has 136 valence electrons. The minimum atomic E-state index is -3.67. The maximum Gasteiger partial charge on any atom is 0.249 e. The molecule has 3 rings (SSSR count). The highest BCUT2D eigenvalue weighted by Gasteiger charge is 2.43. The number of aromatic nitrogens is 1. The molecule has 1 aliphatic rings. The highest BCUT2D eigenvalue weighted by atomic mass is 35.5. The van der Waals surface area contributed by atoms with Gasteiger partial charge in [0.05, 0.1) is 0 Å². The molecule has 1 saturated heterocycles. The first-order chi connectivity index (χ1) is 11.6. The molecule has 1 fully saturated rings. The third-order valence-corrected chi connectivity index (χ3v) is 7.14. The van der Waals surface area contributed by atoms with E-state index >= 15 is 0 Å². The summed E-state index contributed by atoms with van der Waals surface area (Å²) >= 11 is 5.96. The van der Waals surface area contributed by atoms with Gasteiger partial charge in [-0.3, -0.25) is 0 Å². The van der Waals surface area contributed by atoms with E-state index in [0.29, 0.717) is 36.1 Å². The summed E-state index contributed by atoms with van der Waals surface area (Å²) in [5.41, 5.74) is 0.854. The lowest BCUT2D eigenvalue weighted by Crippen LogP contribution is -2.61. The predicted octanol–water partition coefficient (Wildman–Crippen LogP) is 3.23. The Kier molecular flexibility index (Phi) is 4.59. The normalized spacial score (nSPS) is 18.5. The Hall–Kier alpha value is -1.57. The van der Waals surface area contributed by atoms with Gasteiger partial charge in [-0.1, -0.05) is 16.8 Å². The van der Waals surface area contributed by atoms with E-state index in [2.05, 4.69) is 10.1 Å². The van der Waals surface area contributed by atoms with Crippen LogP contribution >= 0.6 is 11.6 Å². The number of nitrogens with zero attached hydrogens (tertiary/aromatic N) is 3. The summed E-state index contributed by atoms with van der Waals surface area (Å²) in [6.07, 6.45) is 0. The number of hydrogen-bond acceptors (Lipinski definition) is 5. The highest BCUT2D eigenvalue weighted by molar-refractivity contribution is 7.89. The predicted molar refractivity (Wildman–Crippen MR) is 97.6 cm³/mol. The van der Waals surface area contributed by atoms with Crippen molar-refractivity contribution in [2.75, 3.05) is 24.5 Å². The standard InChI is InChI=1S/C17H22ClN3O3S/c1-12-16(13(2)24-19-12)25(22,23)21-10-9-20(11-17(21,3)4)15-7-5-14(18)6-8-15/h5-8H,9-11H2,1-4H3. The fourth-order valence-corrected chi connectivity index (χ4v) is 5.60. The third kappa shape index (κ3) is 3.28. The molecule has 0 saturated carbocycles. The Bertz CT molecular complexity index is 856. The lowest BCUT2D eigenvalue weighted by atomic mass is 10.0. The molecule has 0 amide bonds. The SMILES string of the molecule is Cc1noc(C)c1S(=O)(=O)N1CCN(c2ccc(Cl)cc2)CC1(C)C. The second-order valence-corrected chi connectivity index (χ2v) is 9.18. The minimum Gasteiger partial charge on any atom is -0.368 e. The second-order valence-electron chi connectivity index (χ2n) is 6.94. The van der Waals surface area contributed by atoms with Gasteiger partial charge in [0.1, 0.15) is 10.6 Å². The van der Waals surface area contributed by atoms with Crippen molar-refractivity contribution < 1.29 is 12.9 Å². The van der Waals surface area contributed by atoms with Gasteiger partial charge in [0, 0.05) is 35.9 Å². The van der Waals surface area contributed by atoms with Gasteiger partial charge in [-0.25, -0.2) is 8.42 Å². The van der Waals surface area contributed by atoms with Gasteiger partial charge < -0.3 is 9.42 Å². The molecule has 0 bridgehead atoms. The van der Waals surface area contributed by atoms with Crippen molar-refractivity contribution in [3.8, 4) is 0 Å². The maximum atomic E-state index is 13.2. The molecular formula is C17H22ClN3O3S. The van der Waals surface area contributed by atoms with Gasteiger partial charge in [-0.15, -0.1) is 0 Å². The molecule has 0 unspecified atom stereocenters. The van der Waals surface area contributed by atoms with Crippen LogP contribution in [0.15, 0.2) is 33.7 Å². The zero-order valence-corrected chi connectivity index (χ0v) is 16.4. The fraction of sp³-hybridized carbons (Fsp3) is 0.471. The van der Waals surface area contributed by atoms with E-state index in [1.165, 1.54) is 0 Å². The van der Waals surface area contributed by atoms with E-state index in [4.69, 9.17) is 16.1 Å². The van der Waals surface area contributed by atoms with Crippen LogP contribution in [-0.4, -0.2) is 43.1 Å². The first kappa shape index (κ1) is 18.2. The molecular weight excluding hydrogens is 362 g/mol. The molecule has 1 aromatic carbocycles. The average molecular weight is 384 g/mol. The molecule has 0 N–H and O–H groups in total.